The number of rotatable bonds is 9. The zero-order valence-electron chi connectivity index (χ0n) is 12.1. The first-order valence-corrected chi connectivity index (χ1v) is 7.15. The van der Waals surface area contributed by atoms with E-state index in [1.165, 1.54) is 19.4 Å². The lowest BCUT2D eigenvalue weighted by Gasteiger charge is -2.17. The first-order chi connectivity index (χ1) is 9.30. The fourth-order valence-corrected chi connectivity index (χ4v) is 1.97. The maximum Gasteiger partial charge on any atom is 0.119 e. The molecule has 0 bridgehead atoms. The fourth-order valence-electron chi connectivity index (χ4n) is 1.97. The molecule has 0 unspecified atom stereocenters. The summed E-state index contributed by atoms with van der Waals surface area (Å²) in [4.78, 5) is 2.45. The molecule has 0 aromatic heterocycles. The van der Waals surface area contributed by atoms with E-state index in [1.807, 2.05) is 12.1 Å². The molecule has 0 spiro atoms. The van der Waals surface area contributed by atoms with Gasteiger partial charge in [-0.2, -0.15) is 5.26 Å². The molecule has 0 N–H and O–H groups in total. The molecule has 1 rings (SSSR count). The Kier molecular flexibility index (Phi) is 7.69. The summed E-state index contributed by atoms with van der Waals surface area (Å²) in [5.41, 5.74) is 0.673. The third kappa shape index (κ3) is 6.26. The van der Waals surface area contributed by atoms with E-state index in [1.54, 1.807) is 12.1 Å². The van der Waals surface area contributed by atoms with E-state index in [4.69, 9.17) is 10.00 Å². The van der Waals surface area contributed by atoms with Gasteiger partial charge in [-0.1, -0.05) is 13.8 Å². The van der Waals surface area contributed by atoms with E-state index in [0.717, 1.165) is 31.9 Å². The van der Waals surface area contributed by atoms with Gasteiger partial charge in [-0.15, -0.1) is 0 Å². The summed E-state index contributed by atoms with van der Waals surface area (Å²) >= 11 is 0. The van der Waals surface area contributed by atoms with Gasteiger partial charge in [-0.05, 0) is 63.2 Å². The van der Waals surface area contributed by atoms with Crippen LogP contribution in [0.2, 0.25) is 0 Å². The Morgan fingerprint density at radius 1 is 1.05 bits per heavy atom. The number of benzene rings is 1. The highest BCUT2D eigenvalue weighted by atomic mass is 16.5. The molecular formula is C16H24N2O. The van der Waals surface area contributed by atoms with Crippen molar-refractivity contribution in [2.75, 3.05) is 26.2 Å². The molecule has 0 atom stereocenters. The van der Waals surface area contributed by atoms with Crippen molar-refractivity contribution >= 4 is 0 Å². The molecule has 3 nitrogen and oxygen atoms in total. The van der Waals surface area contributed by atoms with E-state index < -0.39 is 0 Å². The molecule has 1 aromatic carbocycles. The summed E-state index contributed by atoms with van der Waals surface area (Å²) in [6, 6.07) is 9.39. The molecule has 0 aliphatic carbocycles. The summed E-state index contributed by atoms with van der Waals surface area (Å²) in [5, 5.41) is 8.69. The molecule has 0 heterocycles. The molecule has 0 saturated heterocycles. The number of nitriles is 1. The summed E-state index contributed by atoms with van der Waals surface area (Å²) in [6.07, 6.45) is 3.52. The average Bonchev–Trinajstić information content (AvgIpc) is 2.47. The predicted octanol–water partition coefficient (Wildman–Crippen LogP) is 3.45. The Morgan fingerprint density at radius 2 is 1.74 bits per heavy atom. The van der Waals surface area contributed by atoms with Crippen molar-refractivity contribution in [2.24, 2.45) is 0 Å². The molecule has 0 saturated carbocycles. The minimum atomic E-state index is 0.673. The lowest BCUT2D eigenvalue weighted by molar-refractivity contribution is 0.277. The van der Waals surface area contributed by atoms with Crippen LogP contribution in [0, 0.1) is 11.3 Å². The highest BCUT2D eigenvalue weighted by Gasteiger charge is 1.99. The van der Waals surface area contributed by atoms with Gasteiger partial charge in [0.1, 0.15) is 5.75 Å². The zero-order valence-corrected chi connectivity index (χ0v) is 12.1. The van der Waals surface area contributed by atoms with E-state index in [-0.39, 0.29) is 0 Å². The van der Waals surface area contributed by atoms with Crippen LogP contribution in [0.15, 0.2) is 24.3 Å². The van der Waals surface area contributed by atoms with Gasteiger partial charge in [0.05, 0.1) is 18.2 Å². The molecule has 0 radical (unpaired) electrons. The lowest BCUT2D eigenvalue weighted by atomic mass is 10.2. The maximum absolute atomic E-state index is 8.69. The second kappa shape index (κ2) is 9.41. The normalized spacial score (nSPS) is 10.4. The van der Waals surface area contributed by atoms with Gasteiger partial charge >= 0.3 is 0 Å². The Hall–Kier alpha value is -1.53. The summed E-state index contributed by atoms with van der Waals surface area (Å²) < 4.78 is 5.64. The highest BCUT2D eigenvalue weighted by Crippen LogP contribution is 2.12. The quantitative estimate of drug-likeness (QED) is 0.638. The van der Waals surface area contributed by atoms with Crippen molar-refractivity contribution in [3.63, 3.8) is 0 Å². The van der Waals surface area contributed by atoms with Crippen molar-refractivity contribution in [3.05, 3.63) is 29.8 Å². The second-order valence-corrected chi connectivity index (χ2v) is 4.57. The summed E-state index contributed by atoms with van der Waals surface area (Å²) in [5.74, 6) is 0.850. The Bertz CT molecular complexity index is 377. The van der Waals surface area contributed by atoms with Gasteiger partial charge in [-0.25, -0.2) is 0 Å². The molecule has 0 aliphatic rings. The number of hydrogen-bond acceptors (Lipinski definition) is 3. The van der Waals surface area contributed by atoms with E-state index in [9.17, 15) is 0 Å². The molecule has 104 valence electrons. The van der Waals surface area contributed by atoms with Crippen LogP contribution < -0.4 is 4.74 Å². The standard InChI is InChI=1S/C16H24N2O/c1-3-18(4-2)12-6-5-7-13-19-16-10-8-15(14-17)9-11-16/h8-11H,3-7,12-13H2,1-2H3. The number of nitrogens with zero attached hydrogens (tertiary/aromatic N) is 2. The third-order valence-corrected chi connectivity index (χ3v) is 3.27. The minimum Gasteiger partial charge on any atom is -0.494 e. The number of unbranched alkanes of at least 4 members (excludes halogenated alkanes) is 2. The summed E-state index contributed by atoms with van der Waals surface area (Å²) in [6.45, 7) is 8.62. The number of hydrogen-bond donors (Lipinski definition) is 0. The van der Waals surface area contributed by atoms with Crippen LogP contribution >= 0.6 is 0 Å². The van der Waals surface area contributed by atoms with Crippen LogP contribution in [0.5, 0.6) is 5.75 Å². The second-order valence-electron chi connectivity index (χ2n) is 4.57. The summed E-state index contributed by atoms with van der Waals surface area (Å²) in [7, 11) is 0. The van der Waals surface area contributed by atoms with Crippen LogP contribution in [-0.4, -0.2) is 31.1 Å². The lowest BCUT2D eigenvalue weighted by Crippen LogP contribution is -2.23. The Labute approximate surface area is 116 Å². The van der Waals surface area contributed by atoms with Gasteiger partial charge in [0.25, 0.3) is 0 Å². The van der Waals surface area contributed by atoms with Crippen molar-refractivity contribution in [1.29, 1.82) is 5.26 Å². The van der Waals surface area contributed by atoms with Crippen LogP contribution in [0.4, 0.5) is 0 Å². The first kappa shape index (κ1) is 15.5. The largest absolute Gasteiger partial charge is 0.494 e. The van der Waals surface area contributed by atoms with Crippen molar-refractivity contribution < 1.29 is 4.74 Å². The monoisotopic (exact) mass is 260 g/mol. The Balaban J connectivity index is 2.09. The first-order valence-electron chi connectivity index (χ1n) is 7.15. The van der Waals surface area contributed by atoms with Crippen LogP contribution in [0.25, 0.3) is 0 Å². The molecule has 0 amide bonds. The van der Waals surface area contributed by atoms with Gasteiger partial charge in [0.2, 0.25) is 0 Å². The smallest absolute Gasteiger partial charge is 0.119 e. The predicted molar refractivity (Wildman–Crippen MR) is 78.3 cm³/mol. The molecule has 0 aliphatic heterocycles. The van der Waals surface area contributed by atoms with Crippen molar-refractivity contribution in [1.82, 2.24) is 4.90 Å². The van der Waals surface area contributed by atoms with E-state index in [0.29, 0.717) is 5.56 Å². The SMILES string of the molecule is CCN(CC)CCCCCOc1ccc(C#N)cc1. The number of ether oxygens (including phenoxy) is 1. The van der Waals surface area contributed by atoms with Crippen LogP contribution in [0.1, 0.15) is 38.7 Å². The molecule has 3 heteroatoms. The van der Waals surface area contributed by atoms with Crippen molar-refractivity contribution in [2.45, 2.75) is 33.1 Å². The molecule has 0 fully saturated rings. The van der Waals surface area contributed by atoms with E-state index in [2.05, 4.69) is 24.8 Å². The fraction of sp³-hybridized carbons (Fsp3) is 0.562. The van der Waals surface area contributed by atoms with Crippen LogP contribution in [-0.2, 0) is 0 Å². The minimum absolute atomic E-state index is 0.673. The Morgan fingerprint density at radius 3 is 2.32 bits per heavy atom. The third-order valence-electron chi connectivity index (χ3n) is 3.27. The molecule has 19 heavy (non-hydrogen) atoms. The molecule has 1 aromatic rings. The van der Waals surface area contributed by atoms with Gasteiger partial charge < -0.3 is 9.64 Å². The maximum atomic E-state index is 8.69. The van der Waals surface area contributed by atoms with Gasteiger partial charge in [0.15, 0.2) is 0 Å². The highest BCUT2D eigenvalue weighted by molar-refractivity contribution is 5.34. The van der Waals surface area contributed by atoms with E-state index >= 15 is 0 Å². The van der Waals surface area contributed by atoms with Gasteiger partial charge in [0, 0.05) is 0 Å². The molecular weight excluding hydrogens is 236 g/mol. The van der Waals surface area contributed by atoms with Crippen LogP contribution in [0.3, 0.4) is 0 Å². The topological polar surface area (TPSA) is 36.3 Å². The average molecular weight is 260 g/mol. The van der Waals surface area contributed by atoms with Crippen molar-refractivity contribution in [3.8, 4) is 11.8 Å². The zero-order chi connectivity index (χ0) is 13.9. The van der Waals surface area contributed by atoms with Gasteiger partial charge in [-0.3, -0.25) is 0 Å².